The van der Waals surface area contributed by atoms with E-state index >= 15 is 0 Å². The maximum atomic E-state index is 12.5. The van der Waals surface area contributed by atoms with Gasteiger partial charge in [0.2, 0.25) is 0 Å². The summed E-state index contributed by atoms with van der Waals surface area (Å²) in [6.07, 6.45) is 3.34. The number of carbonyl (C=O) groups excluding carboxylic acids is 1. The van der Waals surface area contributed by atoms with Crippen LogP contribution in [0.4, 0.5) is 0 Å². The number of ether oxygens (including phenoxy) is 2. The molecule has 0 unspecified atom stereocenters. The van der Waals surface area contributed by atoms with E-state index in [1.165, 1.54) is 5.56 Å². The van der Waals surface area contributed by atoms with Crippen molar-refractivity contribution >= 4 is 11.9 Å². The summed E-state index contributed by atoms with van der Waals surface area (Å²) < 4.78 is 10.6. The Balaban J connectivity index is 2.34. The van der Waals surface area contributed by atoms with Crippen LogP contribution in [0.3, 0.4) is 0 Å². The minimum absolute atomic E-state index is 0.0181. The second kappa shape index (κ2) is 7.14. The van der Waals surface area contributed by atoms with Crippen LogP contribution in [-0.4, -0.2) is 20.0 Å². The number of para-hydroxylation sites is 1. The first-order chi connectivity index (χ1) is 11.0. The van der Waals surface area contributed by atoms with Crippen LogP contribution in [0.25, 0.3) is 6.08 Å². The molecule has 3 heteroatoms. The van der Waals surface area contributed by atoms with Crippen molar-refractivity contribution in [3.8, 4) is 11.5 Å². The molecule has 2 aromatic rings. The van der Waals surface area contributed by atoms with Gasteiger partial charge in [-0.25, -0.2) is 0 Å². The van der Waals surface area contributed by atoms with Crippen molar-refractivity contribution in [1.29, 1.82) is 0 Å². The summed E-state index contributed by atoms with van der Waals surface area (Å²) in [7, 11) is 3.18. The van der Waals surface area contributed by atoms with Gasteiger partial charge in [0, 0.05) is 11.1 Å². The lowest BCUT2D eigenvalue weighted by atomic mass is 9.97. The van der Waals surface area contributed by atoms with E-state index in [0.717, 1.165) is 22.3 Å². The number of methoxy groups -OCH3 is 2. The highest BCUT2D eigenvalue weighted by molar-refractivity contribution is 6.08. The molecule has 120 valence electrons. The topological polar surface area (TPSA) is 35.5 Å². The molecule has 0 aromatic heterocycles. The van der Waals surface area contributed by atoms with Gasteiger partial charge >= 0.3 is 0 Å². The largest absolute Gasteiger partial charge is 0.493 e. The summed E-state index contributed by atoms with van der Waals surface area (Å²) in [5.41, 5.74) is 4.83. The molecule has 0 aliphatic rings. The summed E-state index contributed by atoms with van der Waals surface area (Å²) in [5, 5.41) is 0. The Morgan fingerprint density at radius 3 is 2.30 bits per heavy atom. The molecule has 0 heterocycles. The number of carbonyl (C=O) groups is 1. The first-order valence-corrected chi connectivity index (χ1v) is 7.49. The number of ketones is 1. The van der Waals surface area contributed by atoms with Crippen LogP contribution in [-0.2, 0) is 0 Å². The van der Waals surface area contributed by atoms with Crippen molar-refractivity contribution in [3.63, 3.8) is 0 Å². The Morgan fingerprint density at radius 1 is 0.957 bits per heavy atom. The van der Waals surface area contributed by atoms with E-state index < -0.39 is 0 Å². The van der Waals surface area contributed by atoms with Gasteiger partial charge in [0.25, 0.3) is 0 Å². The van der Waals surface area contributed by atoms with Crippen molar-refractivity contribution in [3.05, 3.63) is 64.2 Å². The highest BCUT2D eigenvalue weighted by Crippen LogP contribution is 2.31. The fraction of sp³-hybridized carbons (Fsp3) is 0.250. The van der Waals surface area contributed by atoms with Gasteiger partial charge in [0.15, 0.2) is 17.3 Å². The Morgan fingerprint density at radius 2 is 1.65 bits per heavy atom. The van der Waals surface area contributed by atoms with E-state index in [0.29, 0.717) is 11.5 Å². The third kappa shape index (κ3) is 3.62. The third-order valence-electron chi connectivity index (χ3n) is 3.95. The first-order valence-electron chi connectivity index (χ1n) is 7.49. The molecule has 0 fully saturated rings. The Hall–Kier alpha value is -2.55. The normalized spacial score (nSPS) is 10.8. The zero-order chi connectivity index (χ0) is 17.0. The minimum atomic E-state index is -0.0181. The van der Waals surface area contributed by atoms with Crippen molar-refractivity contribution in [2.24, 2.45) is 0 Å². The number of allylic oxidation sites excluding steroid dienone is 1. The van der Waals surface area contributed by atoms with Gasteiger partial charge in [0.05, 0.1) is 14.2 Å². The summed E-state index contributed by atoms with van der Waals surface area (Å²) in [6, 6.07) is 9.57. The molecular formula is C20H22O3. The number of benzene rings is 2. The molecule has 0 atom stereocenters. The first kappa shape index (κ1) is 16.8. The van der Waals surface area contributed by atoms with Crippen molar-refractivity contribution in [2.75, 3.05) is 14.2 Å². The van der Waals surface area contributed by atoms with Gasteiger partial charge in [-0.15, -0.1) is 0 Å². The standard InChI is InChI=1S/C20H22O3/c1-13-11-15(3)17(12-14(13)2)18(21)10-9-16-7-6-8-19(22-4)20(16)23-5/h6-12H,1-5H3/b10-9+. The summed E-state index contributed by atoms with van der Waals surface area (Å²) in [5.74, 6) is 1.25. The molecule has 0 N–H and O–H groups in total. The predicted molar refractivity (Wildman–Crippen MR) is 93.6 cm³/mol. The molecule has 0 saturated carbocycles. The smallest absolute Gasteiger partial charge is 0.186 e. The van der Waals surface area contributed by atoms with Gasteiger partial charge in [-0.3, -0.25) is 4.79 Å². The van der Waals surface area contributed by atoms with Gasteiger partial charge in [0.1, 0.15) is 0 Å². The van der Waals surface area contributed by atoms with E-state index in [1.54, 1.807) is 26.4 Å². The Bertz CT molecular complexity index is 758. The second-order valence-corrected chi connectivity index (χ2v) is 5.53. The van der Waals surface area contributed by atoms with E-state index in [9.17, 15) is 4.79 Å². The zero-order valence-electron chi connectivity index (χ0n) is 14.3. The monoisotopic (exact) mass is 310 g/mol. The minimum Gasteiger partial charge on any atom is -0.493 e. The molecular weight excluding hydrogens is 288 g/mol. The average Bonchev–Trinajstić information content (AvgIpc) is 2.55. The second-order valence-electron chi connectivity index (χ2n) is 5.53. The fourth-order valence-corrected chi connectivity index (χ4v) is 2.52. The number of hydrogen-bond donors (Lipinski definition) is 0. The molecule has 23 heavy (non-hydrogen) atoms. The maximum Gasteiger partial charge on any atom is 0.186 e. The lowest BCUT2D eigenvalue weighted by Crippen LogP contribution is -2.00. The lowest BCUT2D eigenvalue weighted by molar-refractivity contribution is 0.104. The van der Waals surface area contributed by atoms with Crippen molar-refractivity contribution in [1.82, 2.24) is 0 Å². The molecule has 3 nitrogen and oxygen atoms in total. The maximum absolute atomic E-state index is 12.5. The molecule has 0 bridgehead atoms. The molecule has 0 spiro atoms. The zero-order valence-corrected chi connectivity index (χ0v) is 14.3. The molecule has 0 amide bonds. The van der Waals surface area contributed by atoms with Crippen LogP contribution in [0, 0.1) is 20.8 Å². The van der Waals surface area contributed by atoms with Crippen LogP contribution in [0.1, 0.15) is 32.6 Å². The van der Waals surface area contributed by atoms with Crippen LogP contribution < -0.4 is 9.47 Å². The van der Waals surface area contributed by atoms with Crippen LogP contribution in [0.2, 0.25) is 0 Å². The molecule has 2 rings (SSSR count). The van der Waals surface area contributed by atoms with E-state index in [2.05, 4.69) is 0 Å². The third-order valence-corrected chi connectivity index (χ3v) is 3.95. The molecule has 2 aromatic carbocycles. The van der Waals surface area contributed by atoms with E-state index in [4.69, 9.17) is 9.47 Å². The Labute approximate surface area is 137 Å². The van der Waals surface area contributed by atoms with Crippen molar-refractivity contribution in [2.45, 2.75) is 20.8 Å². The fourth-order valence-electron chi connectivity index (χ4n) is 2.52. The van der Waals surface area contributed by atoms with E-state index in [1.807, 2.05) is 51.1 Å². The van der Waals surface area contributed by atoms with Crippen LogP contribution in [0.15, 0.2) is 36.4 Å². The highest BCUT2D eigenvalue weighted by Gasteiger charge is 2.10. The van der Waals surface area contributed by atoms with E-state index in [-0.39, 0.29) is 5.78 Å². The van der Waals surface area contributed by atoms with Gasteiger partial charge < -0.3 is 9.47 Å². The van der Waals surface area contributed by atoms with Gasteiger partial charge in [-0.2, -0.15) is 0 Å². The number of rotatable bonds is 5. The molecule has 0 aliphatic carbocycles. The molecule has 0 radical (unpaired) electrons. The number of aryl methyl sites for hydroxylation is 3. The van der Waals surface area contributed by atoms with Gasteiger partial charge in [-0.1, -0.05) is 18.2 Å². The van der Waals surface area contributed by atoms with Crippen LogP contribution in [0.5, 0.6) is 11.5 Å². The Kier molecular flexibility index (Phi) is 5.22. The number of hydrogen-bond acceptors (Lipinski definition) is 3. The highest BCUT2D eigenvalue weighted by atomic mass is 16.5. The SMILES string of the molecule is COc1cccc(/C=C/C(=O)c2cc(C)c(C)cc2C)c1OC. The summed E-state index contributed by atoms with van der Waals surface area (Å²) in [4.78, 5) is 12.5. The summed E-state index contributed by atoms with van der Waals surface area (Å²) >= 11 is 0. The molecule has 0 saturated heterocycles. The van der Waals surface area contributed by atoms with Crippen molar-refractivity contribution < 1.29 is 14.3 Å². The lowest BCUT2D eigenvalue weighted by Gasteiger charge is -2.10. The molecule has 0 aliphatic heterocycles. The van der Waals surface area contributed by atoms with Gasteiger partial charge in [-0.05, 0) is 61.7 Å². The average molecular weight is 310 g/mol. The quantitative estimate of drug-likeness (QED) is 0.601. The summed E-state index contributed by atoms with van der Waals surface area (Å²) in [6.45, 7) is 6.02. The predicted octanol–water partition coefficient (Wildman–Crippen LogP) is 4.53. The van der Waals surface area contributed by atoms with Crippen LogP contribution >= 0.6 is 0 Å².